The van der Waals surface area contributed by atoms with Crippen molar-refractivity contribution >= 4 is 0 Å². The summed E-state index contributed by atoms with van der Waals surface area (Å²) in [7, 11) is 0. The average Bonchev–Trinajstić information content (AvgIpc) is 4.11. The molecule has 0 bridgehead atoms. The molecule has 3 aliphatic heterocycles. The van der Waals surface area contributed by atoms with Crippen LogP contribution in [0.25, 0.3) is 0 Å². The molecule has 0 amide bonds. The van der Waals surface area contributed by atoms with Crippen molar-refractivity contribution < 1.29 is 74.6 Å². The van der Waals surface area contributed by atoms with E-state index in [4.69, 9.17) is 14.2 Å². The van der Waals surface area contributed by atoms with Crippen LogP contribution in [0, 0.1) is 39.9 Å². The van der Waals surface area contributed by atoms with Crippen molar-refractivity contribution in [2.75, 3.05) is 39.6 Å². The Morgan fingerprint density at radius 3 is 0.632 bits per heavy atom. The minimum absolute atomic E-state index is 0. The molecule has 0 unspecified atom stereocenters. The number of benzene rings is 4. The molecule has 7 rings (SSSR count). The van der Waals surface area contributed by atoms with Crippen LogP contribution in [0.2, 0.25) is 0 Å². The van der Waals surface area contributed by atoms with Crippen molar-refractivity contribution in [2.24, 2.45) is 0 Å². The normalized spacial score (nSPS) is 14.9. The van der Waals surface area contributed by atoms with Crippen molar-refractivity contribution in [3.8, 4) is 23.0 Å². The quantitative estimate of drug-likeness (QED) is 0.186. The fourth-order valence-electron chi connectivity index (χ4n) is 7.88. The molecule has 4 aromatic rings. The third kappa shape index (κ3) is 27.9. The van der Waals surface area contributed by atoms with Gasteiger partial charge in [-0.2, -0.15) is 0 Å². The molecule has 0 aliphatic carbocycles. The second-order valence-electron chi connectivity index (χ2n) is 28.8. The predicted molar refractivity (Wildman–Crippen MR) is 316 cm³/mol. The van der Waals surface area contributed by atoms with Crippen LogP contribution in [0.15, 0.2) is 72.8 Å². The van der Waals surface area contributed by atoms with Crippen molar-refractivity contribution in [3.63, 3.8) is 0 Å². The van der Waals surface area contributed by atoms with Crippen molar-refractivity contribution in [3.05, 3.63) is 117 Å². The SMILES string of the molecule is C1CCOC1.C1CCOC1.C1CCOC1.CC(C)(C)c1ccc(O)c(C(C)(C)C)c1.CC(C)(C)c1ccc([O-])c(C(C)(C)C)c1.CC(C)(C)c1ccc([O-])c(C(C)(C)C)c1.CC(C)(C)c1ccc([O-])c(C(C)(C)C)c1.[Gd+3]. The van der Waals surface area contributed by atoms with Crippen LogP contribution in [0.4, 0.5) is 0 Å². The summed E-state index contributed by atoms with van der Waals surface area (Å²) in [5.41, 5.74) is 8.94. The summed E-state index contributed by atoms with van der Waals surface area (Å²) in [5, 5.41) is 45.1. The van der Waals surface area contributed by atoms with E-state index < -0.39 is 0 Å². The number of hydrogen-bond acceptors (Lipinski definition) is 7. The van der Waals surface area contributed by atoms with Crippen molar-refractivity contribution in [1.29, 1.82) is 0 Å². The Morgan fingerprint density at radius 1 is 0.289 bits per heavy atom. The van der Waals surface area contributed by atoms with Crippen LogP contribution < -0.4 is 15.3 Å². The Labute approximate surface area is 498 Å². The van der Waals surface area contributed by atoms with Crippen LogP contribution in [-0.4, -0.2) is 44.7 Å². The molecule has 3 heterocycles. The summed E-state index contributed by atoms with van der Waals surface area (Å²) in [6.45, 7) is 57.1. The Bertz CT molecular complexity index is 1920. The number of rotatable bonds is 0. The molecule has 1 N–H and O–H groups in total. The summed E-state index contributed by atoms with van der Waals surface area (Å²) in [5.74, 6) is 0.844. The van der Waals surface area contributed by atoms with Crippen LogP contribution in [0.3, 0.4) is 0 Å². The van der Waals surface area contributed by atoms with Gasteiger partial charge >= 0.3 is 39.9 Å². The Balaban J connectivity index is 0.000000896. The molecular formula is C68H109GdO7. The molecule has 4 aromatic carbocycles. The van der Waals surface area contributed by atoms with E-state index >= 15 is 0 Å². The molecule has 3 aliphatic rings. The molecule has 1 radical (unpaired) electrons. The summed E-state index contributed by atoms with van der Waals surface area (Å²) in [4.78, 5) is 0. The topological polar surface area (TPSA) is 117 Å². The molecule has 0 saturated carbocycles. The first-order valence-corrected chi connectivity index (χ1v) is 28.0. The minimum Gasteiger partial charge on any atom is -0.872 e. The molecule has 3 saturated heterocycles. The molecule has 3 fully saturated rings. The zero-order valence-corrected chi connectivity index (χ0v) is 54.9. The van der Waals surface area contributed by atoms with E-state index in [1.807, 2.05) is 24.3 Å². The maximum Gasteiger partial charge on any atom is 3.00 e. The average molecular weight is 1200 g/mol. The predicted octanol–water partition coefficient (Wildman–Crippen LogP) is 16.4. The van der Waals surface area contributed by atoms with Gasteiger partial charge in [-0.25, -0.2) is 0 Å². The summed E-state index contributed by atoms with van der Waals surface area (Å²) in [6, 6.07) is 23.0. The summed E-state index contributed by atoms with van der Waals surface area (Å²) < 4.78 is 14.8. The van der Waals surface area contributed by atoms with E-state index in [1.54, 1.807) is 24.3 Å². The van der Waals surface area contributed by atoms with Gasteiger partial charge < -0.3 is 34.6 Å². The molecular weight excluding hydrogens is 1090 g/mol. The van der Waals surface area contributed by atoms with Crippen molar-refractivity contribution in [1.82, 2.24) is 0 Å². The third-order valence-electron chi connectivity index (χ3n) is 13.1. The Morgan fingerprint density at radius 2 is 0.474 bits per heavy atom. The van der Waals surface area contributed by atoms with E-state index in [2.05, 4.69) is 190 Å². The second kappa shape index (κ2) is 31.3. The monoisotopic (exact) mass is 1200 g/mol. The van der Waals surface area contributed by atoms with Crippen LogP contribution >= 0.6 is 0 Å². The Kier molecular flexibility index (Phi) is 30.2. The first kappa shape index (κ1) is 73.3. The molecule has 0 aromatic heterocycles. The van der Waals surface area contributed by atoms with E-state index in [1.165, 1.54) is 60.8 Å². The van der Waals surface area contributed by atoms with Gasteiger partial charge in [0.1, 0.15) is 5.75 Å². The van der Waals surface area contributed by atoms with E-state index in [-0.39, 0.29) is 101 Å². The number of hydrogen-bond donors (Lipinski definition) is 1. The maximum atomic E-state index is 11.7. The number of phenols is 1. The summed E-state index contributed by atoms with van der Waals surface area (Å²) in [6.07, 6.45) is 7.67. The molecule has 0 atom stereocenters. The van der Waals surface area contributed by atoms with Gasteiger partial charge in [-0.15, -0.1) is 17.2 Å². The van der Waals surface area contributed by atoms with Gasteiger partial charge in [-0.05, 0) is 116 Å². The zero-order valence-electron chi connectivity index (χ0n) is 52.7. The Hall–Kier alpha value is -2.72. The smallest absolute Gasteiger partial charge is 0.872 e. The molecule has 76 heavy (non-hydrogen) atoms. The fraction of sp³-hybridized carbons (Fsp3) is 0.647. The van der Waals surface area contributed by atoms with E-state index in [0.717, 1.165) is 61.9 Å². The van der Waals surface area contributed by atoms with Crippen LogP contribution in [0.1, 0.15) is 249 Å². The van der Waals surface area contributed by atoms with E-state index in [0.29, 0.717) is 5.75 Å². The van der Waals surface area contributed by atoms with Gasteiger partial charge in [0.15, 0.2) is 0 Å². The molecule has 8 heteroatoms. The standard InChI is InChI=1S/4C14H22O.3C4H8O.Gd/c4*1-13(2,3)10-7-8-12(15)11(9-10)14(4,5)6;3*1-2-4-5-3-1;/h4*7-9,15H,1-6H3;3*1-4H2;/q;;;;;;;+3/p-3. The van der Waals surface area contributed by atoms with Gasteiger partial charge in [0, 0.05) is 39.6 Å². The van der Waals surface area contributed by atoms with Gasteiger partial charge in [-0.1, -0.05) is 250 Å². The van der Waals surface area contributed by atoms with Crippen LogP contribution in [-0.2, 0) is 57.5 Å². The second-order valence-corrected chi connectivity index (χ2v) is 28.8. The first-order valence-electron chi connectivity index (χ1n) is 28.0. The number of phenolic OH excluding ortho intramolecular Hbond substituents is 1. The largest absolute Gasteiger partial charge is 3.00 e. The first-order chi connectivity index (χ1) is 34.0. The maximum absolute atomic E-state index is 11.7. The van der Waals surface area contributed by atoms with Gasteiger partial charge in [0.05, 0.1) is 0 Å². The molecule has 0 spiro atoms. The number of ether oxygens (including phenoxy) is 3. The fourth-order valence-corrected chi connectivity index (χ4v) is 7.88. The summed E-state index contributed by atoms with van der Waals surface area (Å²) >= 11 is 0. The molecule has 431 valence electrons. The number of aromatic hydroxyl groups is 1. The van der Waals surface area contributed by atoms with Crippen LogP contribution in [0.5, 0.6) is 23.0 Å². The van der Waals surface area contributed by atoms with Gasteiger partial charge in [-0.3, -0.25) is 0 Å². The van der Waals surface area contributed by atoms with Crippen molar-refractivity contribution in [2.45, 2.75) is 248 Å². The zero-order chi connectivity index (χ0) is 58.0. The van der Waals surface area contributed by atoms with E-state index in [9.17, 15) is 20.4 Å². The van der Waals surface area contributed by atoms with Gasteiger partial charge in [0.25, 0.3) is 0 Å². The van der Waals surface area contributed by atoms with Gasteiger partial charge in [0.2, 0.25) is 0 Å². The third-order valence-corrected chi connectivity index (χ3v) is 13.1. The molecule has 7 nitrogen and oxygen atoms in total. The minimum atomic E-state index is -0.0711.